The minimum absolute atomic E-state index is 0.223. The first kappa shape index (κ1) is 31.2. The van der Waals surface area contributed by atoms with E-state index in [-0.39, 0.29) is 11.9 Å². The topological polar surface area (TPSA) is 108 Å². The quantitative estimate of drug-likeness (QED) is 0.194. The highest BCUT2D eigenvalue weighted by Gasteiger charge is 2.55. The summed E-state index contributed by atoms with van der Waals surface area (Å²) < 4.78 is 8.03. The van der Waals surface area contributed by atoms with Crippen molar-refractivity contribution in [2.45, 2.75) is 94.5 Å². The third-order valence-corrected chi connectivity index (χ3v) is 12.0. The van der Waals surface area contributed by atoms with Gasteiger partial charge in [0.05, 0.1) is 23.0 Å². The number of piperidine rings is 1. The second-order valence-corrected chi connectivity index (χ2v) is 15.0. The number of aromatic nitrogens is 3. The fourth-order valence-electron chi connectivity index (χ4n) is 8.90. The van der Waals surface area contributed by atoms with Crippen molar-refractivity contribution in [3.63, 3.8) is 0 Å². The van der Waals surface area contributed by atoms with Gasteiger partial charge < -0.3 is 29.5 Å². The molecule has 3 aliphatic heterocycles. The van der Waals surface area contributed by atoms with E-state index >= 15 is 0 Å². The Kier molecular flexibility index (Phi) is 7.76. The molecule has 9 rings (SSSR count). The molecular weight excluding hydrogens is 614 g/mol. The molecule has 10 heteroatoms. The number of nitrogens with one attached hydrogen (secondary N) is 2. The molecule has 2 aromatic carbocycles. The van der Waals surface area contributed by atoms with Gasteiger partial charge in [0.15, 0.2) is 5.82 Å². The number of carbonyl (C=O) groups excluding carboxylic acids is 1. The number of carbonyl (C=O) groups is 1. The summed E-state index contributed by atoms with van der Waals surface area (Å²) in [6.45, 7) is 5.61. The second kappa shape index (κ2) is 12.2. The Morgan fingerprint density at radius 2 is 1.78 bits per heavy atom. The molecule has 5 heterocycles. The molecule has 1 unspecified atom stereocenters. The Balaban J connectivity index is 1.10. The van der Waals surface area contributed by atoms with Crippen molar-refractivity contribution < 1.29 is 14.6 Å². The van der Waals surface area contributed by atoms with E-state index in [0.717, 1.165) is 94.7 Å². The van der Waals surface area contributed by atoms with Gasteiger partial charge in [0.1, 0.15) is 11.7 Å². The summed E-state index contributed by atoms with van der Waals surface area (Å²) in [5, 5.41) is 17.2. The van der Waals surface area contributed by atoms with Gasteiger partial charge in [-0.2, -0.15) is 0 Å². The third-order valence-electron chi connectivity index (χ3n) is 12.0. The van der Waals surface area contributed by atoms with Gasteiger partial charge in [0.25, 0.3) is 0 Å². The number of imidazole rings is 1. The van der Waals surface area contributed by atoms with Crippen LogP contribution in [0.1, 0.15) is 86.7 Å². The van der Waals surface area contributed by atoms with Crippen molar-refractivity contribution in [1.82, 2.24) is 24.8 Å². The van der Waals surface area contributed by atoms with Crippen molar-refractivity contribution >= 4 is 34.1 Å². The van der Waals surface area contributed by atoms with Crippen molar-refractivity contribution in [2.24, 2.45) is 0 Å². The van der Waals surface area contributed by atoms with E-state index in [0.29, 0.717) is 25.3 Å². The van der Waals surface area contributed by atoms with E-state index in [2.05, 4.69) is 49.3 Å². The fourth-order valence-corrected chi connectivity index (χ4v) is 8.90. The SMILES string of the molecule is CNC(O)c1cc(Nc2nc(-c3ccc4c(c3)N(C3CC(N5CCCCC5)C3)C(=O)C43CCOCC3)cc3ncn(C4CC4)c23)ccc1C. The number of likely N-dealkylation sites (tertiary alicyclic amines) is 1. The number of aliphatic hydroxyl groups excluding tert-OH is 1. The van der Waals surface area contributed by atoms with Crippen LogP contribution in [0.25, 0.3) is 22.3 Å². The highest BCUT2D eigenvalue weighted by Crippen LogP contribution is 2.52. The number of amides is 1. The van der Waals surface area contributed by atoms with Crippen LogP contribution in [0.15, 0.2) is 48.8 Å². The summed E-state index contributed by atoms with van der Waals surface area (Å²) in [6, 6.07) is 15.9. The van der Waals surface area contributed by atoms with E-state index < -0.39 is 11.6 Å². The van der Waals surface area contributed by atoms with Crippen LogP contribution in [0.3, 0.4) is 0 Å². The molecule has 0 bridgehead atoms. The second-order valence-electron chi connectivity index (χ2n) is 15.0. The number of aryl methyl sites for hydroxylation is 1. The Labute approximate surface area is 287 Å². The van der Waals surface area contributed by atoms with Gasteiger partial charge in [-0.15, -0.1) is 0 Å². The third kappa shape index (κ3) is 5.26. The van der Waals surface area contributed by atoms with Crippen LogP contribution >= 0.6 is 0 Å². The number of hydrogen-bond acceptors (Lipinski definition) is 8. The predicted molar refractivity (Wildman–Crippen MR) is 191 cm³/mol. The summed E-state index contributed by atoms with van der Waals surface area (Å²) in [6.07, 6.45) is 10.9. The zero-order valence-corrected chi connectivity index (χ0v) is 28.6. The number of ether oxygens (including phenoxy) is 1. The van der Waals surface area contributed by atoms with Crippen LogP contribution in [0.4, 0.5) is 17.2 Å². The average Bonchev–Trinajstić information content (AvgIpc) is 3.83. The molecule has 1 atom stereocenters. The summed E-state index contributed by atoms with van der Waals surface area (Å²) >= 11 is 0. The molecular formula is C39H47N7O3. The van der Waals surface area contributed by atoms with E-state index in [4.69, 9.17) is 14.7 Å². The Hall–Kier alpha value is -3.83. The van der Waals surface area contributed by atoms with E-state index in [1.807, 2.05) is 31.5 Å². The molecule has 4 aromatic rings. The average molecular weight is 662 g/mol. The van der Waals surface area contributed by atoms with Gasteiger partial charge in [-0.1, -0.05) is 24.6 Å². The molecule has 2 saturated heterocycles. The number of fused-ring (bicyclic) bond motifs is 3. The van der Waals surface area contributed by atoms with Crippen molar-refractivity contribution in [3.05, 3.63) is 65.5 Å². The molecule has 2 saturated carbocycles. The summed E-state index contributed by atoms with van der Waals surface area (Å²) in [4.78, 5) is 29.5. The monoisotopic (exact) mass is 661 g/mol. The lowest BCUT2D eigenvalue weighted by atomic mass is 9.75. The first-order chi connectivity index (χ1) is 23.9. The van der Waals surface area contributed by atoms with Gasteiger partial charge in [-0.05, 0) is 114 Å². The molecule has 2 aromatic heterocycles. The van der Waals surface area contributed by atoms with Gasteiger partial charge in [0, 0.05) is 53.8 Å². The van der Waals surface area contributed by atoms with E-state index in [1.165, 1.54) is 32.4 Å². The first-order valence-electron chi connectivity index (χ1n) is 18.3. The molecule has 1 spiro atoms. The molecule has 10 nitrogen and oxygen atoms in total. The number of benzene rings is 2. The first-order valence-corrected chi connectivity index (χ1v) is 18.3. The number of rotatable bonds is 8. The minimum Gasteiger partial charge on any atom is -0.381 e. The summed E-state index contributed by atoms with van der Waals surface area (Å²) in [5.41, 5.74) is 8.06. The zero-order chi connectivity index (χ0) is 33.3. The standard InChI is InChI=1S/C39H47N7O3/c1-24-6-8-26(19-30(24)37(47)40-2)42-36-35-33(41-23-45(35)27-9-10-27)22-32(43-36)25-7-11-31-34(18-25)46(38(48)39(31)12-16-49-17-13-39)29-20-28(21-29)44-14-4-3-5-15-44/h6-8,11,18-19,22-23,27-29,37,40,47H,3-5,9-10,12-17,20-21H2,1-2H3,(H,42,43). The van der Waals surface area contributed by atoms with E-state index in [1.54, 1.807) is 7.05 Å². The lowest BCUT2D eigenvalue weighted by Gasteiger charge is -2.48. The normalized spacial score (nSPS) is 24.3. The maximum absolute atomic E-state index is 14.5. The largest absolute Gasteiger partial charge is 0.381 e. The van der Waals surface area contributed by atoms with Crippen LogP contribution in [0.2, 0.25) is 0 Å². The Morgan fingerprint density at radius 1 is 0.980 bits per heavy atom. The maximum atomic E-state index is 14.5. The molecule has 256 valence electrons. The van der Waals surface area contributed by atoms with Gasteiger partial charge in [-0.25, -0.2) is 9.97 Å². The molecule has 0 radical (unpaired) electrons. The fraction of sp³-hybridized carbons (Fsp3) is 0.513. The van der Waals surface area contributed by atoms with Crippen LogP contribution in [-0.2, 0) is 14.9 Å². The molecule has 4 fully saturated rings. The number of anilines is 3. The van der Waals surface area contributed by atoms with Crippen molar-refractivity contribution in [2.75, 3.05) is 43.6 Å². The van der Waals surface area contributed by atoms with Crippen molar-refractivity contribution in [3.8, 4) is 11.3 Å². The molecule has 49 heavy (non-hydrogen) atoms. The summed E-state index contributed by atoms with van der Waals surface area (Å²) in [7, 11) is 1.75. The van der Waals surface area contributed by atoms with Crippen molar-refractivity contribution in [1.29, 1.82) is 0 Å². The number of pyridine rings is 1. The number of aliphatic hydroxyl groups is 1. The number of hydrogen-bond donors (Lipinski definition) is 3. The van der Waals surface area contributed by atoms with Crippen LogP contribution in [0.5, 0.6) is 0 Å². The molecule has 3 N–H and O–H groups in total. The van der Waals surface area contributed by atoms with Gasteiger partial charge in [-0.3, -0.25) is 10.1 Å². The zero-order valence-electron chi connectivity index (χ0n) is 28.6. The summed E-state index contributed by atoms with van der Waals surface area (Å²) in [5.74, 6) is 1.00. The smallest absolute Gasteiger partial charge is 0.238 e. The van der Waals surface area contributed by atoms with Gasteiger partial charge in [0.2, 0.25) is 5.91 Å². The molecule has 5 aliphatic rings. The number of nitrogens with zero attached hydrogens (tertiary/aromatic N) is 5. The van der Waals surface area contributed by atoms with Crippen LogP contribution < -0.4 is 15.5 Å². The lowest BCUT2D eigenvalue weighted by molar-refractivity contribution is -0.127. The lowest BCUT2D eigenvalue weighted by Crippen LogP contribution is -2.57. The van der Waals surface area contributed by atoms with E-state index in [9.17, 15) is 9.90 Å². The maximum Gasteiger partial charge on any atom is 0.238 e. The predicted octanol–water partition coefficient (Wildman–Crippen LogP) is 6.11. The van der Waals surface area contributed by atoms with Crippen LogP contribution in [0, 0.1) is 6.92 Å². The molecule has 2 aliphatic carbocycles. The van der Waals surface area contributed by atoms with Crippen LogP contribution in [-0.4, -0.2) is 75.9 Å². The molecule has 1 amide bonds. The Morgan fingerprint density at radius 3 is 2.53 bits per heavy atom. The minimum atomic E-state index is -0.764. The highest BCUT2D eigenvalue weighted by molar-refractivity contribution is 6.09. The van der Waals surface area contributed by atoms with Gasteiger partial charge >= 0.3 is 0 Å². The highest BCUT2D eigenvalue weighted by atomic mass is 16.5. The Bertz CT molecular complexity index is 1900.